The van der Waals surface area contributed by atoms with Crippen LogP contribution in [0.3, 0.4) is 0 Å². The van der Waals surface area contributed by atoms with Crippen LogP contribution in [-0.2, 0) is 6.18 Å². The SMILES string of the molecule is CCC1CN(c2ccc(C(F)(F)F)cc2)C(CC)CN1. The minimum atomic E-state index is -4.27. The zero-order valence-electron chi connectivity index (χ0n) is 11.9. The average molecular weight is 286 g/mol. The molecule has 1 N–H and O–H groups in total. The molecule has 1 aromatic carbocycles. The Hall–Kier alpha value is -1.23. The first kappa shape index (κ1) is 15.2. The first-order valence-corrected chi connectivity index (χ1v) is 7.13. The molecule has 0 amide bonds. The number of halogens is 3. The van der Waals surface area contributed by atoms with Crippen molar-refractivity contribution in [3.05, 3.63) is 29.8 Å². The lowest BCUT2D eigenvalue weighted by Gasteiger charge is -2.41. The number of nitrogens with zero attached hydrogens (tertiary/aromatic N) is 1. The number of rotatable bonds is 3. The molecule has 1 aliphatic heterocycles. The maximum absolute atomic E-state index is 12.6. The van der Waals surface area contributed by atoms with E-state index in [0.717, 1.165) is 31.6 Å². The Morgan fingerprint density at radius 2 is 1.80 bits per heavy atom. The Balaban J connectivity index is 2.19. The highest BCUT2D eigenvalue weighted by molar-refractivity contribution is 5.50. The van der Waals surface area contributed by atoms with Crippen LogP contribution in [0.4, 0.5) is 18.9 Å². The highest BCUT2D eigenvalue weighted by atomic mass is 19.4. The summed E-state index contributed by atoms with van der Waals surface area (Å²) in [5, 5.41) is 3.48. The van der Waals surface area contributed by atoms with Gasteiger partial charge in [-0.05, 0) is 37.1 Å². The van der Waals surface area contributed by atoms with E-state index >= 15 is 0 Å². The third-order valence-electron chi connectivity index (χ3n) is 3.99. The predicted octanol–water partition coefficient (Wildman–Crippen LogP) is 3.67. The first-order chi connectivity index (χ1) is 9.45. The van der Waals surface area contributed by atoms with E-state index in [9.17, 15) is 13.2 Å². The monoisotopic (exact) mass is 286 g/mol. The third-order valence-corrected chi connectivity index (χ3v) is 3.99. The van der Waals surface area contributed by atoms with Gasteiger partial charge in [0.25, 0.3) is 0 Å². The van der Waals surface area contributed by atoms with Gasteiger partial charge < -0.3 is 10.2 Å². The van der Waals surface area contributed by atoms with Crippen LogP contribution in [-0.4, -0.2) is 25.2 Å². The minimum Gasteiger partial charge on any atom is -0.366 e. The van der Waals surface area contributed by atoms with Gasteiger partial charge in [0.15, 0.2) is 0 Å². The van der Waals surface area contributed by atoms with Crippen LogP contribution in [0.1, 0.15) is 32.3 Å². The standard InChI is InChI=1S/C15H21F3N2/c1-3-12-10-20(13(4-2)9-19-12)14-7-5-11(6-8-14)15(16,17)18/h5-8,12-13,19H,3-4,9-10H2,1-2H3. The van der Waals surface area contributed by atoms with Gasteiger partial charge in [-0.25, -0.2) is 0 Å². The highest BCUT2D eigenvalue weighted by Crippen LogP contribution is 2.31. The molecule has 0 saturated carbocycles. The second-order valence-corrected chi connectivity index (χ2v) is 5.27. The Labute approximate surface area is 118 Å². The van der Waals surface area contributed by atoms with Gasteiger partial charge in [-0.1, -0.05) is 13.8 Å². The maximum Gasteiger partial charge on any atom is 0.416 e. The van der Waals surface area contributed by atoms with Crippen molar-refractivity contribution in [3.63, 3.8) is 0 Å². The Kier molecular flexibility index (Phi) is 4.58. The normalized spacial score (nSPS) is 23.9. The lowest BCUT2D eigenvalue weighted by molar-refractivity contribution is -0.137. The molecule has 1 heterocycles. The van der Waals surface area contributed by atoms with Gasteiger partial charge in [0.05, 0.1) is 5.56 Å². The molecule has 0 aliphatic carbocycles. The van der Waals surface area contributed by atoms with Crippen molar-refractivity contribution in [2.45, 2.75) is 44.9 Å². The molecule has 0 bridgehead atoms. The van der Waals surface area contributed by atoms with Crippen molar-refractivity contribution in [1.29, 1.82) is 0 Å². The van der Waals surface area contributed by atoms with E-state index in [1.807, 2.05) is 0 Å². The molecule has 0 spiro atoms. The summed E-state index contributed by atoms with van der Waals surface area (Å²) in [6, 6.07) is 6.26. The third kappa shape index (κ3) is 3.26. The fraction of sp³-hybridized carbons (Fsp3) is 0.600. The number of benzene rings is 1. The van der Waals surface area contributed by atoms with Crippen molar-refractivity contribution in [2.75, 3.05) is 18.0 Å². The fourth-order valence-corrected chi connectivity index (χ4v) is 2.66. The summed E-state index contributed by atoms with van der Waals surface area (Å²) >= 11 is 0. The van der Waals surface area contributed by atoms with Gasteiger partial charge in [0.1, 0.15) is 0 Å². The Bertz CT molecular complexity index is 428. The zero-order chi connectivity index (χ0) is 14.8. The maximum atomic E-state index is 12.6. The average Bonchev–Trinajstić information content (AvgIpc) is 2.45. The van der Waals surface area contributed by atoms with Crippen molar-refractivity contribution in [1.82, 2.24) is 5.32 Å². The summed E-state index contributed by atoms with van der Waals surface area (Å²) < 4.78 is 37.8. The zero-order valence-corrected chi connectivity index (χ0v) is 11.9. The molecule has 0 aromatic heterocycles. The molecule has 2 atom stereocenters. The van der Waals surface area contributed by atoms with Gasteiger partial charge in [-0.3, -0.25) is 0 Å². The van der Waals surface area contributed by atoms with Gasteiger partial charge in [0, 0.05) is 30.9 Å². The topological polar surface area (TPSA) is 15.3 Å². The van der Waals surface area contributed by atoms with Crippen LogP contribution >= 0.6 is 0 Å². The molecule has 1 aromatic rings. The summed E-state index contributed by atoms with van der Waals surface area (Å²) in [6.07, 6.45) is -2.27. The molecule has 2 nitrogen and oxygen atoms in total. The van der Waals surface area contributed by atoms with E-state index in [4.69, 9.17) is 0 Å². The van der Waals surface area contributed by atoms with Gasteiger partial charge in [-0.2, -0.15) is 13.2 Å². The number of nitrogens with one attached hydrogen (secondary N) is 1. The van der Waals surface area contributed by atoms with Crippen LogP contribution in [0.2, 0.25) is 0 Å². The molecule has 1 saturated heterocycles. The summed E-state index contributed by atoms with van der Waals surface area (Å²) in [5.74, 6) is 0. The molecule has 112 valence electrons. The quantitative estimate of drug-likeness (QED) is 0.912. The highest BCUT2D eigenvalue weighted by Gasteiger charge is 2.31. The lowest BCUT2D eigenvalue weighted by atomic mass is 10.0. The summed E-state index contributed by atoms with van der Waals surface area (Å²) in [6.45, 7) is 5.96. The molecular weight excluding hydrogens is 265 g/mol. The first-order valence-electron chi connectivity index (χ1n) is 7.13. The van der Waals surface area contributed by atoms with Crippen molar-refractivity contribution >= 4 is 5.69 Å². The van der Waals surface area contributed by atoms with Crippen LogP contribution in [0, 0.1) is 0 Å². The van der Waals surface area contributed by atoms with Crippen LogP contribution in [0.15, 0.2) is 24.3 Å². The van der Waals surface area contributed by atoms with Gasteiger partial charge in [0.2, 0.25) is 0 Å². The number of hydrogen-bond donors (Lipinski definition) is 1. The van der Waals surface area contributed by atoms with E-state index in [1.54, 1.807) is 12.1 Å². The number of anilines is 1. The van der Waals surface area contributed by atoms with Crippen LogP contribution in [0.5, 0.6) is 0 Å². The molecular formula is C15H21F3N2. The molecule has 2 unspecified atom stereocenters. The van der Waals surface area contributed by atoms with Crippen LogP contribution < -0.4 is 10.2 Å². The largest absolute Gasteiger partial charge is 0.416 e. The molecule has 1 aliphatic rings. The second-order valence-electron chi connectivity index (χ2n) is 5.27. The summed E-state index contributed by atoms with van der Waals surface area (Å²) in [5.41, 5.74) is 0.293. The number of hydrogen-bond acceptors (Lipinski definition) is 2. The van der Waals surface area contributed by atoms with E-state index in [-0.39, 0.29) is 0 Å². The summed E-state index contributed by atoms with van der Waals surface area (Å²) in [4.78, 5) is 2.23. The molecule has 1 fully saturated rings. The summed E-state index contributed by atoms with van der Waals surface area (Å²) in [7, 11) is 0. The van der Waals surface area contributed by atoms with Gasteiger partial charge >= 0.3 is 6.18 Å². The lowest BCUT2D eigenvalue weighted by Crippen LogP contribution is -2.56. The molecule has 20 heavy (non-hydrogen) atoms. The van der Waals surface area contributed by atoms with E-state index in [1.165, 1.54) is 12.1 Å². The number of alkyl halides is 3. The molecule has 0 radical (unpaired) electrons. The Morgan fingerprint density at radius 3 is 2.30 bits per heavy atom. The number of piperazine rings is 1. The molecule has 5 heteroatoms. The minimum absolute atomic E-state index is 0.342. The van der Waals surface area contributed by atoms with E-state index in [2.05, 4.69) is 24.1 Å². The predicted molar refractivity (Wildman–Crippen MR) is 75.0 cm³/mol. The fourth-order valence-electron chi connectivity index (χ4n) is 2.66. The van der Waals surface area contributed by atoms with Crippen molar-refractivity contribution < 1.29 is 13.2 Å². The van der Waals surface area contributed by atoms with Crippen molar-refractivity contribution in [2.24, 2.45) is 0 Å². The smallest absolute Gasteiger partial charge is 0.366 e. The Morgan fingerprint density at radius 1 is 1.15 bits per heavy atom. The van der Waals surface area contributed by atoms with Crippen LogP contribution in [0.25, 0.3) is 0 Å². The van der Waals surface area contributed by atoms with E-state index < -0.39 is 11.7 Å². The van der Waals surface area contributed by atoms with Crippen molar-refractivity contribution in [3.8, 4) is 0 Å². The molecule has 2 rings (SSSR count). The van der Waals surface area contributed by atoms with E-state index in [0.29, 0.717) is 12.1 Å². The van der Waals surface area contributed by atoms with Gasteiger partial charge in [-0.15, -0.1) is 0 Å². The second kappa shape index (κ2) is 6.04.